The molecule has 1 aromatic carbocycles. The van der Waals surface area contributed by atoms with Gasteiger partial charge in [-0.25, -0.2) is 9.97 Å². The number of rotatable bonds is 3. The van der Waals surface area contributed by atoms with Crippen molar-refractivity contribution in [2.75, 3.05) is 5.32 Å². The van der Waals surface area contributed by atoms with Crippen molar-refractivity contribution in [1.29, 1.82) is 0 Å². The number of nitrogens with zero attached hydrogens (tertiary/aromatic N) is 2. The van der Waals surface area contributed by atoms with Crippen LogP contribution in [-0.4, -0.2) is 15.9 Å². The molecule has 4 nitrogen and oxygen atoms in total. The molecule has 0 spiro atoms. The van der Waals surface area contributed by atoms with Gasteiger partial charge < -0.3 is 0 Å². The maximum atomic E-state index is 12.0. The Labute approximate surface area is 115 Å². The number of carbonyl (C=O) groups is 1. The van der Waals surface area contributed by atoms with Crippen molar-refractivity contribution in [2.24, 2.45) is 5.92 Å². The minimum absolute atomic E-state index is 0.0118. The maximum Gasteiger partial charge on any atom is 0.230 e. The van der Waals surface area contributed by atoms with Gasteiger partial charge >= 0.3 is 0 Å². The van der Waals surface area contributed by atoms with E-state index in [0.29, 0.717) is 11.0 Å². The largest absolute Gasteiger partial charge is 0.294 e. The SMILES string of the molecule is O=C(Nc1ncccn1)[C@@H]1C[C@@H]1c1cccc(Cl)c1. The lowest BCUT2D eigenvalue weighted by Gasteiger charge is -2.03. The normalized spacial score (nSPS) is 20.9. The van der Waals surface area contributed by atoms with Gasteiger partial charge in [0.15, 0.2) is 0 Å². The van der Waals surface area contributed by atoms with Crippen molar-refractivity contribution in [1.82, 2.24) is 9.97 Å². The zero-order chi connectivity index (χ0) is 13.2. The zero-order valence-electron chi connectivity index (χ0n) is 10.1. The van der Waals surface area contributed by atoms with Crippen LogP contribution < -0.4 is 5.32 Å². The van der Waals surface area contributed by atoms with Gasteiger partial charge in [-0.15, -0.1) is 0 Å². The number of aromatic nitrogens is 2. The van der Waals surface area contributed by atoms with Crippen LogP contribution in [0.4, 0.5) is 5.95 Å². The molecule has 3 rings (SSSR count). The number of hydrogen-bond donors (Lipinski definition) is 1. The molecule has 0 bridgehead atoms. The number of hydrogen-bond acceptors (Lipinski definition) is 3. The summed E-state index contributed by atoms with van der Waals surface area (Å²) < 4.78 is 0. The Morgan fingerprint density at radius 3 is 2.79 bits per heavy atom. The molecule has 0 saturated heterocycles. The molecule has 1 amide bonds. The molecule has 1 fully saturated rings. The monoisotopic (exact) mass is 273 g/mol. The Balaban J connectivity index is 1.65. The van der Waals surface area contributed by atoms with E-state index in [1.165, 1.54) is 0 Å². The van der Waals surface area contributed by atoms with E-state index in [0.717, 1.165) is 12.0 Å². The summed E-state index contributed by atoms with van der Waals surface area (Å²) >= 11 is 5.95. The van der Waals surface area contributed by atoms with Gasteiger partial charge in [0.05, 0.1) is 0 Å². The first-order valence-corrected chi connectivity index (χ1v) is 6.45. The molecule has 2 aromatic rings. The van der Waals surface area contributed by atoms with Crippen LogP contribution in [0.15, 0.2) is 42.7 Å². The number of amides is 1. The second-order valence-electron chi connectivity index (χ2n) is 4.57. The van der Waals surface area contributed by atoms with Crippen LogP contribution in [0.3, 0.4) is 0 Å². The Morgan fingerprint density at radius 2 is 2.05 bits per heavy atom. The van der Waals surface area contributed by atoms with Crippen LogP contribution in [0.5, 0.6) is 0 Å². The van der Waals surface area contributed by atoms with Crippen molar-refractivity contribution < 1.29 is 4.79 Å². The average molecular weight is 274 g/mol. The summed E-state index contributed by atoms with van der Waals surface area (Å²) in [4.78, 5) is 20.0. The number of halogens is 1. The average Bonchev–Trinajstić information content (AvgIpc) is 3.20. The van der Waals surface area contributed by atoms with E-state index in [9.17, 15) is 4.79 Å². The van der Waals surface area contributed by atoms with Gasteiger partial charge in [0, 0.05) is 23.3 Å². The van der Waals surface area contributed by atoms with Crippen LogP contribution in [-0.2, 0) is 4.79 Å². The van der Waals surface area contributed by atoms with Crippen LogP contribution in [0.25, 0.3) is 0 Å². The van der Waals surface area contributed by atoms with E-state index < -0.39 is 0 Å². The van der Waals surface area contributed by atoms with E-state index in [4.69, 9.17) is 11.6 Å². The number of anilines is 1. The van der Waals surface area contributed by atoms with Crippen LogP contribution >= 0.6 is 11.6 Å². The number of benzene rings is 1. The Kier molecular flexibility index (Phi) is 3.17. The second-order valence-corrected chi connectivity index (χ2v) is 5.00. The number of carbonyl (C=O) groups excluding carboxylic acids is 1. The zero-order valence-corrected chi connectivity index (χ0v) is 10.8. The fraction of sp³-hybridized carbons (Fsp3) is 0.214. The van der Waals surface area contributed by atoms with Gasteiger partial charge in [-0.3, -0.25) is 10.1 Å². The summed E-state index contributed by atoms with van der Waals surface area (Å²) in [6.07, 6.45) is 4.05. The Bertz CT molecular complexity index is 603. The van der Waals surface area contributed by atoms with Gasteiger partial charge in [-0.05, 0) is 36.1 Å². The van der Waals surface area contributed by atoms with Crippen LogP contribution in [0, 0.1) is 5.92 Å². The molecule has 96 valence electrons. The molecular formula is C14H12ClN3O. The van der Waals surface area contributed by atoms with Gasteiger partial charge in [-0.1, -0.05) is 23.7 Å². The first-order chi connectivity index (χ1) is 9.24. The van der Waals surface area contributed by atoms with E-state index in [2.05, 4.69) is 15.3 Å². The van der Waals surface area contributed by atoms with Crippen molar-refractivity contribution in [3.05, 3.63) is 53.3 Å². The van der Waals surface area contributed by atoms with Crippen LogP contribution in [0.2, 0.25) is 5.02 Å². The molecule has 1 aliphatic carbocycles. The highest BCUT2D eigenvalue weighted by Gasteiger charge is 2.44. The minimum atomic E-state index is -0.0313. The molecule has 2 atom stereocenters. The lowest BCUT2D eigenvalue weighted by Crippen LogP contribution is -2.16. The van der Waals surface area contributed by atoms with Gasteiger partial charge in [0.1, 0.15) is 0 Å². The summed E-state index contributed by atoms with van der Waals surface area (Å²) in [5, 5.41) is 3.43. The molecule has 1 heterocycles. The molecule has 1 saturated carbocycles. The standard InChI is InChI=1S/C14H12ClN3O/c15-10-4-1-3-9(7-10)11-8-12(11)13(19)18-14-16-5-2-6-17-14/h1-7,11-12H,8H2,(H,16,17,18,19)/t11-,12-/m1/s1. The number of nitrogens with one attached hydrogen (secondary N) is 1. The molecule has 0 aliphatic heterocycles. The fourth-order valence-electron chi connectivity index (χ4n) is 2.16. The van der Waals surface area contributed by atoms with Crippen molar-refractivity contribution >= 4 is 23.5 Å². The second kappa shape index (κ2) is 4.97. The van der Waals surface area contributed by atoms with E-state index in [1.54, 1.807) is 18.5 Å². The third kappa shape index (κ3) is 2.74. The summed E-state index contributed by atoms with van der Waals surface area (Å²) in [6.45, 7) is 0. The first kappa shape index (κ1) is 12.1. The third-order valence-corrected chi connectivity index (χ3v) is 3.44. The maximum absolute atomic E-state index is 12.0. The molecule has 1 N–H and O–H groups in total. The summed E-state index contributed by atoms with van der Waals surface area (Å²) in [7, 11) is 0. The van der Waals surface area contributed by atoms with E-state index in [1.807, 2.05) is 24.3 Å². The minimum Gasteiger partial charge on any atom is -0.294 e. The Hall–Kier alpha value is -1.94. The van der Waals surface area contributed by atoms with Crippen molar-refractivity contribution in [3.8, 4) is 0 Å². The summed E-state index contributed by atoms with van der Waals surface area (Å²) in [6, 6.07) is 9.37. The molecule has 1 aromatic heterocycles. The molecular weight excluding hydrogens is 262 g/mol. The first-order valence-electron chi connectivity index (χ1n) is 6.07. The van der Waals surface area contributed by atoms with Crippen LogP contribution in [0.1, 0.15) is 17.9 Å². The smallest absolute Gasteiger partial charge is 0.230 e. The predicted molar refractivity (Wildman–Crippen MR) is 73.0 cm³/mol. The van der Waals surface area contributed by atoms with Gasteiger partial charge in [0.2, 0.25) is 11.9 Å². The molecule has 5 heteroatoms. The van der Waals surface area contributed by atoms with Gasteiger partial charge in [-0.2, -0.15) is 0 Å². The highest BCUT2D eigenvalue weighted by Crippen LogP contribution is 2.48. The lowest BCUT2D eigenvalue weighted by atomic mass is 10.1. The highest BCUT2D eigenvalue weighted by atomic mass is 35.5. The lowest BCUT2D eigenvalue weighted by molar-refractivity contribution is -0.117. The third-order valence-electron chi connectivity index (χ3n) is 3.20. The fourth-order valence-corrected chi connectivity index (χ4v) is 2.36. The van der Waals surface area contributed by atoms with Gasteiger partial charge in [0.25, 0.3) is 0 Å². The molecule has 19 heavy (non-hydrogen) atoms. The van der Waals surface area contributed by atoms with Crippen molar-refractivity contribution in [3.63, 3.8) is 0 Å². The summed E-state index contributed by atoms with van der Waals surface area (Å²) in [5.74, 6) is 0.560. The topological polar surface area (TPSA) is 54.9 Å². The molecule has 0 radical (unpaired) electrons. The Morgan fingerprint density at radius 1 is 1.26 bits per heavy atom. The predicted octanol–water partition coefficient (Wildman–Crippen LogP) is 2.87. The van der Waals surface area contributed by atoms with E-state index in [-0.39, 0.29) is 17.7 Å². The molecule has 1 aliphatic rings. The van der Waals surface area contributed by atoms with Crippen molar-refractivity contribution in [2.45, 2.75) is 12.3 Å². The highest BCUT2D eigenvalue weighted by molar-refractivity contribution is 6.30. The summed E-state index contributed by atoms with van der Waals surface area (Å²) in [5.41, 5.74) is 1.11. The quantitative estimate of drug-likeness (QED) is 0.935. The van der Waals surface area contributed by atoms with E-state index >= 15 is 0 Å². The molecule has 0 unspecified atom stereocenters.